The molecule has 2 rings (SSSR count). The molecule has 1 aromatic rings. The van der Waals surface area contributed by atoms with E-state index in [1.807, 2.05) is 5.32 Å². The van der Waals surface area contributed by atoms with Crippen molar-refractivity contribution < 1.29 is 78.0 Å². The second-order valence-electron chi connectivity index (χ2n) is 17.2. The number of benzene rings is 1. The van der Waals surface area contributed by atoms with E-state index < -0.39 is 164 Å². The van der Waals surface area contributed by atoms with Crippen molar-refractivity contribution >= 4 is 77.0 Å². The lowest BCUT2D eigenvalue weighted by atomic mass is 10.0. The van der Waals surface area contributed by atoms with Gasteiger partial charge < -0.3 is 91.2 Å². The summed E-state index contributed by atoms with van der Waals surface area (Å²) in [5, 5.41) is 53.3. The molecular weight excluding hydrogens is 974 g/mol. The molecule has 1 heterocycles. The lowest BCUT2D eigenvalue weighted by Crippen LogP contribution is -2.60. The van der Waals surface area contributed by atoms with Crippen molar-refractivity contribution in [2.75, 3.05) is 26.2 Å². The molecule has 21 N–H and O–H groups in total. The third-order valence-corrected chi connectivity index (χ3v) is 11.0. The minimum Gasteiger partial charge on any atom is -0.508 e. The first kappa shape index (κ1) is 61.0. The molecule has 1 aliphatic rings. The number of aliphatic imine (C=N–C) groups is 1. The highest BCUT2D eigenvalue weighted by atomic mass is 16.4. The summed E-state index contributed by atoms with van der Waals surface area (Å²) in [6, 6.07) is -6.65. The molecule has 30 nitrogen and oxygen atoms in total. The van der Waals surface area contributed by atoms with Crippen LogP contribution >= 0.6 is 0 Å². The molecule has 0 spiro atoms. The van der Waals surface area contributed by atoms with E-state index in [-0.39, 0.29) is 56.9 Å². The Morgan fingerprint density at radius 3 is 1.82 bits per heavy atom. The third-order valence-electron chi connectivity index (χ3n) is 11.0. The number of nitrogens with one attached hydrogen (secondary N) is 7. The Bertz CT molecular complexity index is 2210. The Labute approximate surface area is 417 Å². The number of likely N-dealkylation sites (tertiary alicyclic amines) is 1. The average Bonchev–Trinajstić information content (AvgIpc) is 3.81. The lowest BCUT2D eigenvalue weighted by Gasteiger charge is -2.30. The van der Waals surface area contributed by atoms with Crippen LogP contribution < -0.4 is 65.9 Å². The summed E-state index contributed by atoms with van der Waals surface area (Å²) in [5.41, 5.74) is 28.3. The number of rotatable bonds is 31. The number of aliphatic carboxylic acids is 2. The average molecular weight is 1040 g/mol. The summed E-state index contributed by atoms with van der Waals surface area (Å²) in [7, 11) is 0. The van der Waals surface area contributed by atoms with Crippen LogP contribution in [-0.2, 0) is 64.0 Å². The van der Waals surface area contributed by atoms with E-state index in [4.69, 9.17) is 38.9 Å². The van der Waals surface area contributed by atoms with Crippen LogP contribution in [0.25, 0.3) is 0 Å². The van der Waals surface area contributed by atoms with Crippen LogP contribution in [0.4, 0.5) is 0 Å². The predicted molar refractivity (Wildman–Crippen MR) is 253 cm³/mol. The topological polar surface area (TPSA) is 516 Å². The number of nitrogens with two attached hydrogens (primary N) is 5. The number of aromatic hydroxyl groups is 1. The zero-order valence-corrected chi connectivity index (χ0v) is 40.2. The first-order valence-electron chi connectivity index (χ1n) is 22.8. The molecule has 8 atom stereocenters. The smallest absolute Gasteiger partial charge is 0.328 e. The summed E-state index contributed by atoms with van der Waals surface area (Å²) in [4.78, 5) is 160. The number of phenolic OH excluding ortho intramolecular Hbond substituents is 1. The molecule has 404 valence electrons. The quantitative estimate of drug-likeness (QED) is 0.0108. The molecule has 10 amide bonds. The highest BCUT2D eigenvalue weighted by molar-refractivity contribution is 6.00. The molecule has 73 heavy (non-hydrogen) atoms. The highest BCUT2D eigenvalue weighted by Crippen LogP contribution is 2.21. The molecule has 0 aliphatic carbocycles. The molecule has 0 bridgehead atoms. The number of primary amides is 2. The van der Waals surface area contributed by atoms with Crippen LogP contribution in [0.15, 0.2) is 29.3 Å². The highest BCUT2D eigenvalue weighted by Gasteiger charge is 2.41. The Hall–Kier alpha value is -8.15. The summed E-state index contributed by atoms with van der Waals surface area (Å²) >= 11 is 0. The van der Waals surface area contributed by atoms with Crippen LogP contribution in [0.1, 0.15) is 70.8 Å². The van der Waals surface area contributed by atoms with Gasteiger partial charge in [0, 0.05) is 19.5 Å². The van der Waals surface area contributed by atoms with Gasteiger partial charge in [0.2, 0.25) is 59.1 Å². The van der Waals surface area contributed by atoms with E-state index in [1.54, 1.807) is 0 Å². The number of guanidine groups is 1. The van der Waals surface area contributed by atoms with Crippen molar-refractivity contribution in [1.29, 1.82) is 0 Å². The largest absolute Gasteiger partial charge is 0.508 e. The maximum atomic E-state index is 14.2. The van der Waals surface area contributed by atoms with Gasteiger partial charge in [-0.15, -0.1) is 0 Å². The van der Waals surface area contributed by atoms with E-state index in [1.165, 1.54) is 38.1 Å². The molecule has 0 unspecified atom stereocenters. The summed E-state index contributed by atoms with van der Waals surface area (Å²) in [6.45, 7) is 1.11. The fourth-order valence-electron chi connectivity index (χ4n) is 7.19. The van der Waals surface area contributed by atoms with E-state index in [2.05, 4.69) is 36.9 Å². The van der Waals surface area contributed by atoms with Gasteiger partial charge in [-0.25, -0.2) is 4.79 Å². The first-order valence-corrected chi connectivity index (χ1v) is 22.8. The number of phenols is 1. The Morgan fingerprint density at radius 1 is 0.712 bits per heavy atom. The SMILES string of the molecule is CC(C)[C@H](NC(=O)[C@H](CC(N)=O)NC(=O)[C@H](CCCN=C(N)N)NC(=O)[13C@@H]1[13CH2][13CH2][13CH2][15N]1C(=O)[C@H](CC(N)=O)NC(=O)[C@H](CCC(=O)O)NC(=O)[C@@H](N)Cc1ccc(O)cc1)C(=O)NCC(=O)N[C@@H](CO)C(=O)O. The molecule has 1 fully saturated rings. The summed E-state index contributed by atoms with van der Waals surface area (Å²) in [6.07, 6.45) is -2.84. The zero-order chi connectivity index (χ0) is 55.1. The van der Waals surface area contributed by atoms with Gasteiger partial charge in [-0.3, -0.25) is 57.7 Å². The van der Waals surface area contributed by atoms with Crippen molar-refractivity contribution in [2.45, 2.75) is 120 Å². The second-order valence-corrected chi connectivity index (χ2v) is 17.2. The molecule has 1 aliphatic heterocycles. The Morgan fingerprint density at radius 2 is 1.27 bits per heavy atom. The minimum atomic E-state index is -1.78. The number of hydrogen-bond acceptors (Lipinski definition) is 16. The molecule has 30 heteroatoms. The number of hydrogen-bond donors (Lipinski definition) is 16. The molecule has 0 radical (unpaired) electrons. The first-order chi connectivity index (χ1) is 34.2. The number of carboxylic acids is 2. The maximum absolute atomic E-state index is 14.2. The van der Waals surface area contributed by atoms with Crippen LogP contribution in [0.5, 0.6) is 5.75 Å². The molecule has 1 saturated heterocycles. The number of amides is 10. The van der Waals surface area contributed by atoms with Crippen molar-refractivity contribution in [2.24, 2.45) is 39.6 Å². The molecular formula is C43H66N14O16. The monoisotopic (exact) mass is 1040 g/mol. The van der Waals surface area contributed by atoms with Gasteiger partial charge in [0.05, 0.1) is 32.0 Å². The molecule has 0 aromatic heterocycles. The number of carboxylic acid groups (broad SMARTS) is 2. The molecule has 1 aromatic carbocycles. The normalized spacial score (nSPS) is 15.8. The van der Waals surface area contributed by atoms with Gasteiger partial charge in [0.25, 0.3) is 0 Å². The van der Waals surface area contributed by atoms with E-state index >= 15 is 0 Å². The Balaban J connectivity index is 2.34. The zero-order valence-electron chi connectivity index (χ0n) is 40.2. The van der Waals surface area contributed by atoms with Gasteiger partial charge in [0.15, 0.2) is 5.96 Å². The van der Waals surface area contributed by atoms with Gasteiger partial charge in [-0.1, -0.05) is 26.0 Å². The predicted octanol–water partition coefficient (Wildman–Crippen LogP) is -7.32. The van der Waals surface area contributed by atoms with E-state index in [0.717, 1.165) is 4.90 Å². The van der Waals surface area contributed by atoms with Crippen molar-refractivity contribution in [1.82, 2.24) is 42.1 Å². The molecule has 0 saturated carbocycles. The van der Waals surface area contributed by atoms with E-state index in [9.17, 15) is 67.7 Å². The fourth-order valence-corrected chi connectivity index (χ4v) is 7.19. The second kappa shape index (κ2) is 29.9. The third kappa shape index (κ3) is 21.4. The lowest BCUT2D eigenvalue weighted by molar-refractivity contribution is -0.143. The van der Waals surface area contributed by atoms with Crippen molar-refractivity contribution in [3.8, 4) is 5.75 Å². The van der Waals surface area contributed by atoms with Crippen molar-refractivity contribution in [3.63, 3.8) is 0 Å². The van der Waals surface area contributed by atoms with Gasteiger partial charge in [0.1, 0.15) is 48.0 Å². The standard InChI is InChI=1S/C43H66N14O16/c1-20(2)34(40(70)50-18-32(62)51-28(19-58)42(72)73)56-38(68)26(16-30(45)60)54-36(66)24(5-3-13-49-43(47)48)53-39(69)29-6-4-14-57(29)41(71)27(17-31(46)61)55-37(67)25(11-12-33(63)64)52-35(65)23(44)15-21-7-9-22(59)10-8-21/h7-10,20,23-29,34,58-59H,3-6,11-19,44H2,1-2H3,(H2,45,60)(H2,46,61)(H,50,70)(H,51,62)(H,52,65)(H,53,69)(H,54,66)(H,55,67)(H,56,68)(H,63,64)(H,72,73)(H4,47,48,49)/t23-,24-,25-,26-,27-,28-,29-,34-/m0/s1/i4+1,6+1,14+1,29+1,57+1. The summed E-state index contributed by atoms with van der Waals surface area (Å²) < 4.78 is 0. The van der Waals surface area contributed by atoms with Crippen LogP contribution in [0, 0.1) is 5.92 Å². The minimum absolute atomic E-state index is 0.0119. The van der Waals surface area contributed by atoms with Crippen LogP contribution in [0.2, 0.25) is 0 Å². The number of aliphatic hydroxyl groups is 1. The maximum Gasteiger partial charge on any atom is 0.328 e. The number of aliphatic hydroxyl groups excluding tert-OH is 1. The summed E-state index contributed by atoms with van der Waals surface area (Å²) in [5.74, 6) is -14.1. The fraction of sp³-hybridized carbons (Fsp3) is 0.558. The number of carbonyl (C=O) groups is 12. The Kier molecular flexibility index (Phi) is 25.0. The number of carbonyl (C=O) groups excluding carboxylic acids is 10. The van der Waals surface area contributed by atoms with E-state index in [0.29, 0.717) is 5.56 Å². The van der Waals surface area contributed by atoms with Gasteiger partial charge in [-0.2, -0.15) is 0 Å². The van der Waals surface area contributed by atoms with Crippen molar-refractivity contribution in [3.05, 3.63) is 29.8 Å². The van der Waals surface area contributed by atoms with Gasteiger partial charge in [-0.05, 0) is 62.1 Å². The van der Waals surface area contributed by atoms with Gasteiger partial charge >= 0.3 is 11.9 Å². The number of nitrogens with zero attached hydrogens (tertiary/aromatic N) is 2. The van der Waals surface area contributed by atoms with Crippen LogP contribution in [-0.4, -0.2) is 177 Å². The van der Waals surface area contributed by atoms with Crippen LogP contribution in [0.3, 0.4) is 0 Å².